The molecular weight excluding hydrogens is 148 g/mol. The Morgan fingerprint density at radius 2 is 1.92 bits per heavy atom. The van der Waals surface area contributed by atoms with E-state index in [2.05, 4.69) is 0 Å². The zero-order valence-corrected chi connectivity index (χ0v) is 7.53. The lowest BCUT2D eigenvalue weighted by molar-refractivity contribution is 0.269. The Labute approximate surface area is 73.7 Å². The van der Waals surface area contributed by atoms with E-state index in [1.165, 1.54) is 0 Å². The summed E-state index contributed by atoms with van der Waals surface area (Å²) < 4.78 is 5.57. The number of hydrogen-bond acceptors (Lipinski definition) is 1. The van der Waals surface area contributed by atoms with Crippen LogP contribution in [0.4, 0.5) is 0 Å². The highest BCUT2D eigenvalue weighted by Gasteiger charge is 1.96. The number of rotatable bonds is 3. The monoisotopic (exact) mass is 162 g/mol. The van der Waals surface area contributed by atoms with Gasteiger partial charge >= 0.3 is 0 Å². The second-order valence-corrected chi connectivity index (χ2v) is 2.66. The number of hydrogen-bond donors (Lipinski definition) is 0. The highest BCUT2D eigenvalue weighted by atomic mass is 16.5. The number of benzene rings is 1. The van der Waals surface area contributed by atoms with Crippen molar-refractivity contribution in [1.82, 2.24) is 0 Å². The van der Waals surface area contributed by atoms with Gasteiger partial charge in [0.05, 0.1) is 0 Å². The second kappa shape index (κ2) is 4.60. The molecule has 0 heterocycles. The number of para-hydroxylation sites is 1. The zero-order valence-electron chi connectivity index (χ0n) is 7.53. The van der Waals surface area contributed by atoms with Crippen molar-refractivity contribution >= 4 is 0 Å². The first-order valence-electron chi connectivity index (χ1n) is 4.17. The third-order valence-corrected chi connectivity index (χ3v) is 1.53. The fraction of sp³-hybridized carbons (Fsp3) is 0.273. The van der Waals surface area contributed by atoms with E-state index in [1.54, 1.807) is 0 Å². The van der Waals surface area contributed by atoms with Gasteiger partial charge in [-0.3, -0.25) is 0 Å². The summed E-state index contributed by atoms with van der Waals surface area (Å²) in [5.41, 5.74) is 0. The molecule has 1 unspecified atom stereocenters. The molecule has 1 aromatic carbocycles. The maximum atomic E-state index is 5.57. The van der Waals surface area contributed by atoms with Crippen LogP contribution in [0.15, 0.2) is 42.5 Å². The van der Waals surface area contributed by atoms with Crippen LogP contribution in [0.1, 0.15) is 13.8 Å². The van der Waals surface area contributed by atoms with E-state index >= 15 is 0 Å². The SMILES string of the molecule is CC=CC(C)Oc1ccccc1. The molecule has 1 aromatic rings. The summed E-state index contributed by atoms with van der Waals surface area (Å²) in [4.78, 5) is 0. The van der Waals surface area contributed by atoms with Gasteiger partial charge in [-0.15, -0.1) is 0 Å². The van der Waals surface area contributed by atoms with Gasteiger partial charge < -0.3 is 4.74 Å². The van der Waals surface area contributed by atoms with Crippen LogP contribution in [-0.4, -0.2) is 6.10 Å². The van der Waals surface area contributed by atoms with Crippen molar-refractivity contribution in [1.29, 1.82) is 0 Å². The molecule has 0 amide bonds. The van der Waals surface area contributed by atoms with Gasteiger partial charge in [0.1, 0.15) is 11.9 Å². The first kappa shape index (κ1) is 8.85. The Kier molecular flexibility index (Phi) is 3.39. The average molecular weight is 162 g/mol. The summed E-state index contributed by atoms with van der Waals surface area (Å²) in [5, 5.41) is 0. The van der Waals surface area contributed by atoms with Gasteiger partial charge in [-0.2, -0.15) is 0 Å². The van der Waals surface area contributed by atoms with Gasteiger partial charge in [-0.25, -0.2) is 0 Å². The van der Waals surface area contributed by atoms with Crippen molar-refractivity contribution in [3.05, 3.63) is 42.5 Å². The molecule has 0 aliphatic carbocycles. The van der Waals surface area contributed by atoms with Crippen molar-refractivity contribution in [3.63, 3.8) is 0 Å². The van der Waals surface area contributed by atoms with Gasteiger partial charge in [0.25, 0.3) is 0 Å². The third kappa shape index (κ3) is 2.79. The molecule has 1 atom stereocenters. The molecule has 0 saturated carbocycles. The van der Waals surface area contributed by atoms with Crippen LogP contribution >= 0.6 is 0 Å². The molecule has 1 nitrogen and oxygen atoms in total. The van der Waals surface area contributed by atoms with E-state index < -0.39 is 0 Å². The van der Waals surface area contributed by atoms with Gasteiger partial charge in [0.2, 0.25) is 0 Å². The highest BCUT2D eigenvalue weighted by molar-refractivity contribution is 5.21. The number of allylic oxidation sites excluding steroid dienone is 1. The first-order chi connectivity index (χ1) is 5.83. The lowest BCUT2D eigenvalue weighted by atomic mass is 10.3. The van der Waals surface area contributed by atoms with E-state index in [9.17, 15) is 0 Å². The Hall–Kier alpha value is -1.24. The smallest absolute Gasteiger partial charge is 0.120 e. The van der Waals surface area contributed by atoms with Crippen molar-refractivity contribution in [3.8, 4) is 5.75 Å². The van der Waals surface area contributed by atoms with Gasteiger partial charge in [-0.05, 0) is 32.1 Å². The average Bonchev–Trinajstić information content (AvgIpc) is 2.06. The van der Waals surface area contributed by atoms with Gasteiger partial charge in [0, 0.05) is 0 Å². The van der Waals surface area contributed by atoms with Gasteiger partial charge in [0.15, 0.2) is 0 Å². The third-order valence-electron chi connectivity index (χ3n) is 1.53. The van der Waals surface area contributed by atoms with Crippen molar-refractivity contribution in [2.24, 2.45) is 0 Å². The molecule has 64 valence electrons. The molecule has 0 fully saturated rings. The highest BCUT2D eigenvalue weighted by Crippen LogP contribution is 2.10. The Bertz CT molecular complexity index is 238. The Balaban J connectivity index is 2.52. The molecule has 12 heavy (non-hydrogen) atoms. The Morgan fingerprint density at radius 1 is 1.25 bits per heavy atom. The van der Waals surface area contributed by atoms with E-state index in [0.717, 1.165) is 5.75 Å². The molecule has 0 aromatic heterocycles. The van der Waals surface area contributed by atoms with Crippen LogP contribution in [0.3, 0.4) is 0 Å². The molecule has 0 radical (unpaired) electrons. The summed E-state index contributed by atoms with van der Waals surface area (Å²) in [5.74, 6) is 0.920. The van der Waals surface area contributed by atoms with Crippen LogP contribution in [0.5, 0.6) is 5.75 Å². The zero-order chi connectivity index (χ0) is 8.81. The minimum Gasteiger partial charge on any atom is -0.487 e. The fourth-order valence-corrected chi connectivity index (χ4v) is 1.02. The summed E-state index contributed by atoms with van der Waals surface area (Å²) in [6, 6.07) is 9.84. The molecular formula is C11H14O. The second-order valence-electron chi connectivity index (χ2n) is 2.66. The lowest BCUT2D eigenvalue weighted by Crippen LogP contribution is -2.07. The van der Waals surface area contributed by atoms with Gasteiger partial charge in [-0.1, -0.05) is 24.3 Å². The van der Waals surface area contributed by atoms with E-state index in [-0.39, 0.29) is 6.10 Å². The quantitative estimate of drug-likeness (QED) is 0.621. The maximum Gasteiger partial charge on any atom is 0.120 e. The van der Waals surface area contributed by atoms with Crippen LogP contribution in [0.2, 0.25) is 0 Å². The largest absolute Gasteiger partial charge is 0.487 e. The summed E-state index contributed by atoms with van der Waals surface area (Å²) in [6.07, 6.45) is 4.16. The molecule has 1 rings (SSSR count). The predicted molar refractivity (Wildman–Crippen MR) is 51.3 cm³/mol. The first-order valence-corrected chi connectivity index (χ1v) is 4.17. The molecule has 0 spiro atoms. The Morgan fingerprint density at radius 3 is 2.50 bits per heavy atom. The lowest BCUT2D eigenvalue weighted by Gasteiger charge is -2.09. The molecule has 0 bridgehead atoms. The number of ether oxygens (including phenoxy) is 1. The minimum absolute atomic E-state index is 0.150. The molecule has 0 saturated heterocycles. The fourth-order valence-electron chi connectivity index (χ4n) is 1.02. The molecule has 0 aliphatic rings. The van der Waals surface area contributed by atoms with E-state index in [4.69, 9.17) is 4.74 Å². The topological polar surface area (TPSA) is 9.23 Å². The normalized spacial score (nSPS) is 13.2. The molecule has 1 heteroatoms. The van der Waals surface area contributed by atoms with Crippen LogP contribution < -0.4 is 4.74 Å². The van der Waals surface area contributed by atoms with Crippen LogP contribution in [-0.2, 0) is 0 Å². The van der Waals surface area contributed by atoms with Crippen molar-refractivity contribution in [2.45, 2.75) is 20.0 Å². The summed E-state index contributed by atoms with van der Waals surface area (Å²) in [6.45, 7) is 4.01. The van der Waals surface area contributed by atoms with Crippen LogP contribution in [0.25, 0.3) is 0 Å². The molecule has 0 aliphatic heterocycles. The van der Waals surface area contributed by atoms with E-state index in [0.29, 0.717) is 0 Å². The van der Waals surface area contributed by atoms with E-state index in [1.807, 2.05) is 56.3 Å². The van der Waals surface area contributed by atoms with Crippen LogP contribution in [0, 0.1) is 0 Å². The minimum atomic E-state index is 0.150. The summed E-state index contributed by atoms with van der Waals surface area (Å²) >= 11 is 0. The maximum absolute atomic E-state index is 5.57. The van der Waals surface area contributed by atoms with Crippen molar-refractivity contribution < 1.29 is 4.74 Å². The van der Waals surface area contributed by atoms with Crippen molar-refractivity contribution in [2.75, 3.05) is 0 Å². The molecule has 0 N–H and O–H groups in total. The predicted octanol–water partition coefficient (Wildman–Crippen LogP) is 3.03. The standard InChI is InChI=1S/C11H14O/c1-3-7-10(2)12-11-8-5-4-6-9-11/h3-10H,1-2H3. The summed E-state index contributed by atoms with van der Waals surface area (Å²) in [7, 11) is 0.